The lowest BCUT2D eigenvalue weighted by molar-refractivity contribution is 0.352. The van der Waals surface area contributed by atoms with Gasteiger partial charge in [0.1, 0.15) is 0 Å². The summed E-state index contributed by atoms with van der Waals surface area (Å²) in [6.07, 6.45) is 5.90. The lowest BCUT2D eigenvalue weighted by Crippen LogP contribution is -2.33. The SMILES string of the molecule is CC(CNCC(C1CC1)C1CC1)C(N)c1ccccc1. The minimum atomic E-state index is 0.143. The Hall–Kier alpha value is -0.860. The summed E-state index contributed by atoms with van der Waals surface area (Å²) in [4.78, 5) is 0. The lowest BCUT2D eigenvalue weighted by atomic mass is 9.94. The molecule has 0 aromatic heterocycles. The summed E-state index contributed by atoms with van der Waals surface area (Å²) in [5.74, 6) is 3.51. The van der Waals surface area contributed by atoms with Gasteiger partial charge < -0.3 is 11.1 Å². The van der Waals surface area contributed by atoms with Crippen molar-refractivity contribution in [2.24, 2.45) is 29.4 Å². The van der Waals surface area contributed by atoms with E-state index in [-0.39, 0.29) is 6.04 Å². The van der Waals surface area contributed by atoms with Crippen molar-refractivity contribution in [2.75, 3.05) is 13.1 Å². The predicted molar refractivity (Wildman–Crippen MR) is 84.3 cm³/mol. The number of nitrogens with one attached hydrogen (secondary N) is 1. The van der Waals surface area contributed by atoms with E-state index in [1.807, 2.05) is 0 Å². The summed E-state index contributed by atoms with van der Waals surface area (Å²) in [6.45, 7) is 4.50. The van der Waals surface area contributed by atoms with E-state index in [1.54, 1.807) is 0 Å². The summed E-state index contributed by atoms with van der Waals surface area (Å²) in [7, 11) is 0. The van der Waals surface area contributed by atoms with Crippen molar-refractivity contribution < 1.29 is 0 Å². The molecule has 2 unspecified atom stereocenters. The Morgan fingerprint density at radius 2 is 1.65 bits per heavy atom. The van der Waals surface area contributed by atoms with Gasteiger partial charge in [0.15, 0.2) is 0 Å². The molecular weight excluding hydrogens is 244 g/mol. The molecule has 2 aliphatic rings. The maximum absolute atomic E-state index is 6.36. The zero-order valence-electron chi connectivity index (χ0n) is 12.6. The highest BCUT2D eigenvalue weighted by atomic mass is 14.9. The Bertz CT molecular complexity index is 397. The highest BCUT2D eigenvalue weighted by molar-refractivity contribution is 5.19. The summed E-state index contributed by atoms with van der Waals surface area (Å²) in [5.41, 5.74) is 7.61. The molecule has 0 saturated heterocycles. The van der Waals surface area contributed by atoms with Gasteiger partial charge in [-0.15, -0.1) is 0 Å². The van der Waals surface area contributed by atoms with Crippen LogP contribution in [0, 0.1) is 23.7 Å². The molecule has 0 bridgehead atoms. The van der Waals surface area contributed by atoms with Crippen molar-refractivity contribution in [1.29, 1.82) is 0 Å². The van der Waals surface area contributed by atoms with E-state index >= 15 is 0 Å². The third-order valence-electron chi connectivity index (χ3n) is 5.10. The molecule has 0 spiro atoms. The minimum Gasteiger partial charge on any atom is -0.324 e. The second-order valence-electron chi connectivity index (χ2n) is 6.91. The molecule has 0 amide bonds. The first-order valence-electron chi connectivity index (χ1n) is 8.27. The average Bonchev–Trinajstić information content (AvgIpc) is 3.37. The van der Waals surface area contributed by atoms with Gasteiger partial charge in [0, 0.05) is 6.04 Å². The fourth-order valence-corrected chi connectivity index (χ4v) is 3.38. The van der Waals surface area contributed by atoms with Crippen LogP contribution < -0.4 is 11.1 Å². The topological polar surface area (TPSA) is 38.0 Å². The molecule has 2 saturated carbocycles. The number of nitrogens with two attached hydrogens (primary N) is 1. The van der Waals surface area contributed by atoms with Crippen LogP contribution in [0.25, 0.3) is 0 Å². The van der Waals surface area contributed by atoms with Crippen molar-refractivity contribution in [2.45, 2.75) is 38.6 Å². The summed E-state index contributed by atoms with van der Waals surface area (Å²) >= 11 is 0. The molecule has 1 aromatic carbocycles. The molecule has 2 heteroatoms. The number of benzene rings is 1. The number of rotatable bonds is 8. The molecule has 110 valence electrons. The third-order valence-corrected chi connectivity index (χ3v) is 5.10. The van der Waals surface area contributed by atoms with Gasteiger partial charge >= 0.3 is 0 Å². The number of hydrogen-bond donors (Lipinski definition) is 2. The van der Waals surface area contributed by atoms with E-state index in [1.165, 1.54) is 37.8 Å². The fourth-order valence-electron chi connectivity index (χ4n) is 3.38. The highest BCUT2D eigenvalue weighted by Gasteiger charge is 2.40. The molecular formula is C18H28N2. The van der Waals surface area contributed by atoms with Crippen LogP contribution in [0.1, 0.15) is 44.2 Å². The quantitative estimate of drug-likeness (QED) is 0.761. The second kappa shape index (κ2) is 6.28. The van der Waals surface area contributed by atoms with Crippen LogP contribution in [-0.4, -0.2) is 13.1 Å². The molecule has 20 heavy (non-hydrogen) atoms. The van der Waals surface area contributed by atoms with Gasteiger partial charge in [0.2, 0.25) is 0 Å². The van der Waals surface area contributed by atoms with Gasteiger partial charge in [-0.1, -0.05) is 37.3 Å². The van der Waals surface area contributed by atoms with Crippen LogP contribution >= 0.6 is 0 Å². The van der Waals surface area contributed by atoms with Crippen LogP contribution in [0.3, 0.4) is 0 Å². The van der Waals surface area contributed by atoms with E-state index in [4.69, 9.17) is 5.73 Å². The Kier molecular flexibility index (Phi) is 4.42. The molecule has 2 aliphatic carbocycles. The average molecular weight is 272 g/mol. The van der Waals surface area contributed by atoms with Gasteiger partial charge in [0.05, 0.1) is 0 Å². The van der Waals surface area contributed by atoms with E-state index in [2.05, 4.69) is 42.6 Å². The molecule has 0 radical (unpaired) electrons. The van der Waals surface area contributed by atoms with Gasteiger partial charge in [-0.3, -0.25) is 0 Å². The molecule has 1 aromatic rings. The zero-order chi connectivity index (χ0) is 13.9. The second-order valence-corrected chi connectivity index (χ2v) is 6.91. The van der Waals surface area contributed by atoms with E-state index in [9.17, 15) is 0 Å². The molecule has 3 N–H and O–H groups in total. The Labute approximate surface area is 123 Å². The van der Waals surface area contributed by atoms with Crippen LogP contribution in [0.2, 0.25) is 0 Å². The van der Waals surface area contributed by atoms with Crippen LogP contribution in [0.15, 0.2) is 30.3 Å². The van der Waals surface area contributed by atoms with Gasteiger partial charge in [-0.2, -0.15) is 0 Å². The predicted octanol–water partition coefficient (Wildman–Crippen LogP) is 3.35. The first kappa shape index (κ1) is 14.1. The standard InChI is InChI=1S/C18H28N2/c1-13(18(19)16-5-3-2-4-6-16)11-20-12-17(14-7-8-14)15-9-10-15/h2-6,13-15,17-18,20H,7-12,19H2,1H3. The van der Waals surface area contributed by atoms with Crippen molar-refractivity contribution >= 4 is 0 Å². The van der Waals surface area contributed by atoms with Gasteiger partial charge in [-0.25, -0.2) is 0 Å². The van der Waals surface area contributed by atoms with Crippen molar-refractivity contribution in [3.8, 4) is 0 Å². The van der Waals surface area contributed by atoms with E-state index in [0.717, 1.165) is 24.3 Å². The summed E-state index contributed by atoms with van der Waals surface area (Å²) in [5, 5.41) is 3.70. The Balaban J connectivity index is 1.43. The van der Waals surface area contributed by atoms with Crippen LogP contribution in [0.5, 0.6) is 0 Å². The highest BCUT2D eigenvalue weighted by Crippen LogP contribution is 2.48. The zero-order valence-corrected chi connectivity index (χ0v) is 12.6. The van der Waals surface area contributed by atoms with Crippen molar-refractivity contribution in [3.05, 3.63) is 35.9 Å². The van der Waals surface area contributed by atoms with Crippen LogP contribution in [0.4, 0.5) is 0 Å². The van der Waals surface area contributed by atoms with Crippen molar-refractivity contribution in [3.63, 3.8) is 0 Å². The number of hydrogen-bond acceptors (Lipinski definition) is 2. The molecule has 3 rings (SSSR count). The largest absolute Gasteiger partial charge is 0.324 e. The fraction of sp³-hybridized carbons (Fsp3) is 0.667. The van der Waals surface area contributed by atoms with E-state index < -0.39 is 0 Å². The molecule has 2 fully saturated rings. The van der Waals surface area contributed by atoms with E-state index in [0.29, 0.717) is 5.92 Å². The molecule has 2 nitrogen and oxygen atoms in total. The molecule has 2 atom stereocenters. The first-order valence-corrected chi connectivity index (χ1v) is 8.27. The molecule has 0 aliphatic heterocycles. The maximum atomic E-state index is 6.36. The normalized spacial score (nSPS) is 21.9. The molecule has 0 heterocycles. The monoisotopic (exact) mass is 272 g/mol. The first-order chi connectivity index (χ1) is 9.75. The van der Waals surface area contributed by atoms with Crippen LogP contribution in [-0.2, 0) is 0 Å². The summed E-state index contributed by atoms with van der Waals surface area (Å²) in [6, 6.07) is 10.6. The summed E-state index contributed by atoms with van der Waals surface area (Å²) < 4.78 is 0. The Morgan fingerprint density at radius 3 is 2.20 bits per heavy atom. The Morgan fingerprint density at radius 1 is 1.05 bits per heavy atom. The smallest absolute Gasteiger partial charge is 0.0333 e. The lowest BCUT2D eigenvalue weighted by Gasteiger charge is -2.23. The van der Waals surface area contributed by atoms with Gasteiger partial charge in [0.25, 0.3) is 0 Å². The third kappa shape index (κ3) is 3.62. The minimum absolute atomic E-state index is 0.143. The van der Waals surface area contributed by atoms with Gasteiger partial charge in [-0.05, 0) is 68.0 Å². The maximum Gasteiger partial charge on any atom is 0.0333 e. The van der Waals surface area contributed by atoms with Crippen molar-refractivity contribution in [1.82, 2.24) is 5.32 Å².